The number of nitrogens with two attached hydrogens (primary N) is 1. The Labute approximate surface area is 111 Å². The molecule has 4 nitrogen and oxygen atoms in total. The molecule has 1 heterocycles. The lowest BCUT2D eigenvalue weighted by atomic mass is 10.1. The molecule has 0 atom stereocenters. The van der Waals surface area contributed by atoms with Gasteiger partial charge in [-0.25, -0.2) is 14.4 Å². The second-order valence-electron chi connectivity index (χ2n) is 4.30. The molecule has 3 N–H and O–H groups in total. The van der Waals surface area contributed by atoms with Crippen molar-refractivity contribution in [1.29, 1.82) is 0 Å². The minimum atomic E-state index is -0.212. The molecule has 5 heteroatoms. The van der Waals surface area contributed by atoms with E-state index in [9.17, 15) is 4.39 Å². The van der Waals surface area contributed by atoms with E-state index in [1.165, 1.54) is 12.1 Å². The number of benzene rings is 1. The fourth-order valence-corrected chi connectivity index (χ4v) is 1.81. The van der Waals surface area contributed by atoms with Crippen LogP contribution in [0.15, 0.2) is 30.3 Å². The summed E-state index contributed by atoms with van der Waals surface area (Å²) in [4.78, 5) is 8.50. The van der Waals surface area contributed by atoms with Crippen molar-refractivity contribution in [2.24, 2.45) is 5.73 Å². The minimum Gasteiger partial charge on any atom is -0.370 e. The van der Waals surface area contributed by atoms with Gasteiger partial charge in [-0.3, -0.25) is 0 Å². The van der Waals surface area contributed by atoms with E-state index in [1.54, 1.807) is 12.1 Å². The van der Waals surface area contributed by atoms with Crippen LogP contribution in [0.4, 0.5) is 10.2 Å². The van der Waals surface area contributed by atoms with Gasteiger partial charge in [-0.1, -0.05) is 12.1 Å². The summed E-state index contributed by atoms with van der Waals surface area (Å²) in [6.07, 6.45) is 0.807. The number of halogens is 1. The van der Waals surface area contributed by atoms with Crippen LogP contribution in [0.1, 0.15) is 17.1 Å². The molecule has 0 aliphatic carbocycles. The number of hydrogen-bond acceptors (Lipinski definition) is 4. The van der Waals surface area contributed by atoms with Crippen molar-refractivity contribution in [2.45, 2.75) is 19.9 Å². The molecule has 19 heavy (non-hydrogen) atoms. The maximum atomic E-state index is 12.8. The minimum absolute atomic E-state index is 0.212. The van der Waals surface area contributed by atoms with Crippen LogP contribution in [0.2, 0.25) is 0 Å². The maximum absolute atomic E-state index is 12.8. The Kier molecular flexibility index (Phi) is 4.41. The van der Waals surface area contributed by atoms with Crippen LogP contribution in [-0.2, 0) is 13.0 Å². The van der Waals surface area contributed by atoms with Crippen molar-refractivity contribution in [3.63, 3.8) is 0 Å². The molecule has 0 spiro atoms. The summed E-state index contributed by atoms with van der Waals surface area (Å²) in [5, 5.41) is 3.22. The molecular formula is C14H17FN4. The van der Waals surface area contributed by atoms with Gasteiger partial charge < -0.3 is 11.1 Å². The number of rotatable bonds is 5. The normalized spacial score (nSPS) is 10.5. The monoisotopic (exact) mass is 260 g/mol. The van der Waals surface area contributed by atoms with E-state index in [-0.39, 0.29) is 5.82 Å². The maximum Gasteiger partial charge on any atom is 0.129 e. The van der Waals surface area contributed by atoms with Gasteiger partial charge in [0.25, 0.3) is 0 Å². The number of aromatic nitrogens is 2. The first-order valence-electron chi connectivity index (χ1n) is 6.20. The highest BCUT2D eigenvalue weighted by atomic mass is 19.1. The Bertz CT molecular complexity index is 540. The molecule has 2 aromatic rings. The quantitative estimate of drug-likeness (QED) is 0.863. The molecule has 2 rings (SSSR count). The third-order valence-corrected chi connectivity index (χ3v) is 2.73. The van der Waals surface area contributed by atoms with Crippen LogP contribution in [0.25, 0.3) is 0 Å². The zero-order valence-corrected chi connectivity index (χ0v) is 10.9. The molecule has 0 radical (unpaired) electrons. The molecule has 0 fully saturated rings. The van der Waals surface area contributed by atoms with Gasteiger partial charge in [0.15, 0.2) is 0 Å². The lowest BCUT2D eigenvalue weighted by Crippen LogP contribution is -2.10. The summed E-state index contributed by atoms with van der Waals surface area (Å²) in [6.45, 7) is 2.96. The molecule has 0 saturated carbocycles. The zero-order valence-electron chi connectivity index (χ0n) is 10.9. The summed E-state index contributed by atoms with van der Waals surface area (Å²) >= 11 is 0. The van der Waals surface area contributed by atoms with Gasteiger partial charge in [0.1, 0.15) is 17.5 Å². The summed E-state index contributed by atoms with van der Waals surface area (Å²) in [7, 11) is 0. The fourth-order valence-electron chi connectivity index (χ4n) is 1.81. The average Bonchev–Trinajstić information content (AvgIpc) is 2.40. The molecule has 1 aromatic heterocycles. The van der Waals surface area contributed by atoms with Gasteiger partial charge in [-0.05, 0) is 31.0 Å². The van der Waals surface area contributed by atoms with Gasteiger partial charge in [0.2, 0.25) is 0 Å². The van der Waals surface area contributed by atoms with Crippen LogP contribution in [0.3, 0.4) is 0 Å². The Morgan fingerprint density at radius 1 is 1.21 bits per heavy atom. The first kappa shape index (κ1) is 13.4. The van der Waals surface area contributed by atoms with E-state index in [4.69, 9.17) is 5.73 Å². The third kappa shape index (κ3) is 3.99. The number of nitrogens with zero attached hydrogens (tertiary/aromatic N) is 2. The third-order valence-electron chi connectivity index (χ3n) is 2.73. The first-order chi connectivity index (χ1) is 9.17. The van der Waals surface area contributed by atoms with Crippen molar-refractivity contribution < 1.29 is 4.39 Å². The lowest BCUT2D eigenvalue weighted by Gasteiger charge is -2.08. The van der Waals surface area contributed by atoms with Gasteiger partial charge in [0.05, 0.1) is 5.69 Å². The second kappa shape index (κ2) is 6.24. The van der Waals surface area contributed by atoms with E-state index < -0.39 is 0 Å². The van der Waals surface area contributed by atoms with Gasteiger partial charge in [0, 0.05) is 19.2 Å². The van der Waals surface area contributed by atoms with Crippen LogP contribution >= 0.6 is 0 Å². The smallest absolute Gasteiger partial charge is 0.129 e. The highest BCUT2D eigenvalue weighted by molar-refractivity contribution is 5.36. The van der Waals surface area contributed by atoms with Crippen LogP contribution in [0.5, 0.6) is 0 Å². The van der Waals surface area contributed by atoms with E-state index in [0.29, 0.717) is 12.4 Å². The topological polar surface area (TPSA) is 63.8 Å². The van der Waals surface area contributed by atoms with Crippen LogP contribution in [-0.4, -0.2) is 16.5 Å². The summed E-state index contributed by atoms with van der Waals surface area (Å²) in [5.74, 6) is 1.26. The Hall–Kier alpha value is -2.01. The van der Waals surface area contributed by atoms with Crippen molar-refractivity contribution in [3.8, 4) is 0 Å². The van der Waals surface area contributed by atoms with Crippen LogP contribution in [0, 0.1) is 12.7 Å². The van der Waals surface area contributed by atoms with E-state index in [0.717, 1.165) is 30.0 Å². The first-order valence-corrected chi connectivity index (χ1v) is 6.20. The van der Waals surface area contributed by atoms with E-state index >= 15 is 0 Å². The molecule has 0 saturated heterocycles. The molecular weight excluding hydrogens is 243 g/mol. The Morgan fingerprint density at radius 3 is 2.63 bits per heavy atom. The molecule has 1 aromatic carbocycles. The van der Waals surface area contributed by atoms with E-state index in [1.807, 2.05) is 13.0 Å². The zero-order chi connectivity index (χ0) is 13.7. The second-order valence-corrected chi connectivity index (χ2v) is 4.30. The fraction of sp³-hybridized carbons (Fsp3) is 0.286. The molecule has 0 aliphatic heterocycles. The summed E-state index contributed by atoms with van der Waals surface area (Å²) < 4.78 is 12.8. The van der Waals surface area contributed by atoms with Gasteiger partial charge in [-0.15, -0.1) is 0 Å². The number of aryl methyl sites for hydroxylation is 1. The molecule has 0 amide bonds. The number of anilines is 1. The SMILES string of the molecule is Cc1nc(CN)cc(NCCc2ccc(F)cc2)n1. The highest BCUT2D eigenvalue weighted by Gasteiger charge is 2.00. The van der Waals surface area contributed by atoms with Crippen LogP contribution < -0.4 is 11.1 Å². The van der Waals surface area contributed by atoms with Crippen molar-refractivity contribution in [1.82, 2.24) is 9.97 Å². The molecule has 0 bridgehead atoms. The predicted octanol–water partition coefficient (Wildman–Crippen LogP) is 2.04. The average molecular weight is 260 g/mol. The van der Waals surface area contributed by atoms with E-state index in [2.05, 4.69) is 15.3 Å². The number of nitrogens with one attached hydrogen (secondary N) is 1. The molecule has 100 valence electrons. The predicted molar refractivity (Wildman–Crippen MR) is 73.3 cm³/mol. The standard InChI is InChI=1S/C14H17FN4/c1-10-18-13(9-16)8-14(19-10)17-7-6-11-2-4-12(15)5-3-11/h2-5,8H,6-7,9,16H2,1H3,(H,17,18,19). The van der Waals surface area contributed by atoms with Crippen molar-refractivity contribution in [3.05, 3.63) is 53.2 Å². The number of hydrogen-bond donors (Lipinski definition) is 2. The highest BCUT2D eigenvalue weighted by Crippen LogP contribution is 2.07. The Balaban J connectivity index is 1.92. The molecule has 0 unspecified atom stereocenters. The summed E-state index contributed by atoms with van der Waals surface area (Å²) in [6, 6.07) is 8.35. The summed E-state index contributed by atoms with van der Waals surface area (Å²) in [5.41, 5.74) is 7.47. The van der Waals surface area contributed by atoms with Crippen molar-refractivity contribution >= 4 is 5.82 Å². The Morgan fingerprint density at radius 2 is 1.95 bits per heavy atom. The van der Waals surface area contributed by atoms with Gasteiger partial charge >= 0.3 is 0 Å². The van der Waals surface area contributed by atoms with Crippen molar-refractivity contribution in [2.75, 3.05) is 11.9 Å². The molecule has 0 aliphatic rings. The lowest BCUT2D eigenvalue weighted by molar-refractivity contribution is 0.627. The van der Waals surface area contributed by atoms with Gasteiger partial charge in [-0.2, -0.15) is 0 Å². The largest absolute Gasteiger partial charge is 0.370 e.